The van der Waals surface area contributed by atoms with Gasteiger partial charge in [-0.15, -0.1) is 0 Å². The van der Waals surface area contributed by atoms with E-state index in [1.807, 2.05) is 6.08 Å². The third-order valence-corrected chi connectivity index (χ3v) is 3.49. The van der Waals surface area contributed by atoms with Crippen LogP contribution in [0.4, 0.5) is 0 Å². The van der Waals surface area contributed by atoms with E-state index in [0.717, 1.165) is 11.1 Å². The van der Waals surface area contributed by atoms with Crippen LogP contribution in [0, 0.1) is 0 Å². The van der Waals surface area contributed by atoms with E-state index < -0.39 is 0 Å². The Kier molecular flexibility index (Phi) is 4.38. The van der Waals surface area contributed by atoms with E-state index in [0.29, 0.717) is 17.9 Å². The van der Waals surface area contributed by atoms with Crippen molar-refractivity contribution in [2.75, 3.05) is 6.61 Å². The Bertz CT molecular complexity index is 823. The molecule has 1 aliphatic rings. The van der Waals surface area contributed by atoms with Crippen LogP contribution in [0.5, 0.6) is 23.0 Å². The Hall–Kier alpha value is -3.41. The molecule has 6 heteroatoms. The van der Waals surface area contributed by atoms with E-state index in [2.05, 4.69) is 9.97 Å². The van der Waals surface area contributed by atoms with E-state index in [1.165, 1.54) is 6.07 Å². The topological polar surface area (TPSA) is 98.6 Å². The van der Waals surface area contributed by atoms with E-state index >= 15 is 0 Å². The number of ether oxygens (including phenoxy) is 1. The molecule has 4 N–H and O–H groups in total. The van der Waals surface area contributed by atoms with Crippen molar-refractivity contribution < 1.29 is 20.1 Å². The number of imidazole rings is 1. The second-order valence-electron chi connectivity index (χ2n) is 5.12. The number of hydrogen-bond donors (Lipinski definition) is 4. The van der Waals surface area contributed by atoms with Gasteiger partial charge >= 0.3 is 0 Å². The largest absolute Gasteiger partial charge is 0.508 e. The van der Waals surface area contributed by atoms with Gasteiger partial charge in [0, 0.05) is 18.0 Å². The summed E-state index contributed by atoms with van der Waals surface area (Å²) in [7, 11) is 0. The van der Waals surface area contributed by atoms with Crippen molar-refractivity contribution in [1.29, 1.82) is 0 Å². The summed E-state index contributed by atoms with van der Waals surface area (Å²) in [5.74, 6) is 0.0744. The lowest BCUT2D eigenvalue weighted by atomic mass is 10.0. The summed E-state index contributed by atoms with van der Waals surface area (Å²) in [4.78, 5) is 6.42. The molecule has 0 amide bonds. The highest BCUT2D eigenvalue weighted by Gasteiger charge is 2.18. The number of phenolic OH excluding ortho intramolecular Hbond substituents is 3. The number of phenols is 3. The molecule has 0 radical (unpaired) electrons. The monoisotopic (exact) mass is 324 g/mol. The molecule has 4 rings (SSSR count). The molecule has 0 fully saturated rings. The summed E-state index contributed by atoms with van der Waals surface area (Å²) < 4.78 is 5.49. The molecule has 1 aromatic heterocycles. The van der Waals surface area contributed by atoms with Gasteiger partial charge < -0.3 is 25.0 Å². The highest BCUT2D eigenvalue weighted by atomic mass is 16.5. The first-order valence-corrected chi connectivity index (χ1v) is 7.25. The van der Waals surface area contributed by atoms with Crippen molar-refractivity contribution in [3.05, 3.63) is 66.2 Å². The van der Waals surface area contributed by atoms with Gasteiger partial charge in [0.15, 0.2) is 11.5 Å². The van der Waals surface area contributed by atoms with Crippen molar-refractivity contribution in [3.8, 4) is 23.0 Å². The third kappa shape index (κ3) is 3.33. The molecule has 0 saturated heterocycles. The van der Waals surface area contributed by atoms with Crippen LogP contribution in [0.2, 0.25) is 0 Å². The number of aromatic nitrogens is 2. The molecule has 0 saturated carbocycles. The molecule has 0 bridgehead atoms. The van der Waals surface area contributed by atoms with Crippen LogP contribution >= 0.6 is 0 Å². The second kappa shape index (κ2) is 6.78. The minimum absolute atomic E-state index is 0.194. The Morgan fingerprint density at radius 1 is 1.00 bits per heavy atom. The smallest absolute Gasteiger partial charge is 0.201 e. The lowest BCUT2D eigenvalue weighted by Crippen LogP contribution is -2.06. The molecule has 2 heterocycles. The second-order valence-corrected chi connectivity index (χ2v) is 5.12. The molecule has 24 heavy (non-hydrogen) atoms. The quantitative estimate of drug-likeness (QED) is 0.515. The number of H-pyrrole nitrogens is 1. The molecule has 1 aliphatic heterocycles. The SMILES string of the molecule is Oc1ccc(C2=Cc3ccc(O)c(O)c3OC2)cc1.c1c[nH]cn1. The van der Waals surface area contributed by atoms with Gasteiger partial charge in [0.05, 0.1) is 6.33 Å². The number of aromatic amines is 1. The van der Waals surface area contributed by atoms with Crippen molar-refractivity contribution in [2.24, 2.45) is 0 Å². The predicted molar refractivity (Wildman–Crippen MR) is 89.8 cm³/mol. The maximum Gasteiger partial charge on any atom is 0.201 e. The molecular formula is C18H16N2O4. The lowest BCUT2D eigenvalue weighted by molar-refractivity contribution is 0.325. The van der Waals surface area contributed by atoms with Crippen molar-refractivity contribution >= 4 is 11.6 Å². The van der Waals surface area contributed by atoms with E-state index in [-0.39, 0.29) is 17.2 Å². The summed E-state index contributed by atoms with van der Waals surface area (Å²) in [5.41, 5.74) is 2.60. The van der Waals surface area contributed by atoms with Gasteiger partial charge in [0.1, 0.15) is 12.4 Å². The summed E-state index contributed by atoms with van der Waals surface area (Å²) in [5, 5.41) is 28.4. The number of benzene rings is 2. The van der Waals surface area contributed by atoms with Crippen LogP contribution in [-0.4, -0.2) is 31.9 Å². The van der Waals surface area contributed by atoms with Crippen molar-refractivity contribution in [1.82, 2.24) is 9.97 Å². The van der Waals surface area contributed by atoms with E-state index in [9.17, 15) is 15.3 Å². The zero-order valence-corrected chi connectivity index (χ0v) is 12.7. The minimum atomic E-state index is -0.237. The third-order valence-electron chi connectivity index (χ3n) is 3.49. The number of aromatic hydroxyl groups is 3. The maximum absolute atomic E-state index is 9.70. The van der Waals surface area contributed by atoms with Gasteiger partial charge in [-0.3, -0.25) is 0 Å². The van der Waals surface area contributed by atoms with Gasteiger partial charge in [-0.1, -0.05) is 12.1 Å². The molecule has 122 valence electrons. The number of hydrogen-bond acceptors (Lipinski definition) is 5. The van der Waals surface area contributed by atoms with Crippen LogP contribution in [0.3, 0.4) is 0 Å². The lowest BCUT2D eigenvalue weighted by Gasteiger charge is -2.19. The fourth-order valence-electron chi connectivity index (χ4n) is 2.28. The summed E-state index contributed by atoms with van der Waals surface area (Å²) in [6.45, 7) is 0.300. The molecule has 6 nitrogen and oxygen atoms in total. The van der Waals surface area contributed by atoms with Crippen LogP contribution in [0.15, 0.2) is 55.1 Å². The van der Waals surface area contributed by atoms with Crippen LogP contribution < -0.4 is 4.74 Å². The highest BCUT2D eigenvalue weighted by Crippen LogP contribution is 2.42. The highest BCUT2D eigenvalue weighted by molar-refractivity contribution is 5.87. The van der Waals surface area contributed by atoms with Crippen LogP contribution in [0.1, 0.15) is 11.1 Å². The first-order chi connectivity index (χ1) is 11.6. The Morgan fingerprint density at radius 3 is 2.42 bits per heavy atom. The molecule has 2 aromatic carbocycles. The normalized spacial score (nSPS) is 12.2. The molecule has 0 spiro atoms. The number of rotatable bonds is 1. The van der Waals surface area contributed by atoms with Gasteiger partial charge in [0.25, 0.3) is 0 Å². The van der Waals surface area contributed by atoms with E-state index in [4.69, 9.17) is 4.74 Å². The first-order valence-electron chi connectivity index (χ1n) is 7.25. The summed E-state index contributed by atoms with van der Waals surface area (Å²) in [6, 6.07) is 9.93. The van der Waals surface area contributed by atoms with Gasteiger partial charge in [-0.2, -0.15) is 0 Å². The molecule has 0 unspecified atom stereocenters. The maximum atomic E-state index is 9.70. The van der Waals surface area contributed by atoms with Gasteiger partial charge in [0.2, 0.25) is 5.75 Å². The van der Waals surface area contributed by atoms with Crippen molar-refractivity contribution in [3.63, 3.8) is 0 Å². The fourth-order valence-corrected chi connectivity index (χ4v) is 2.28. The molecule has 0 atom stereocenters. The number of fused-ring (bicyclic) bond motifs is 1. The average molecular weight is 324 g/mol. The zero-order valence-electron chi connectivity index (χ0n) is 12.7. The van der Waals surface area contributed by atoms with Gasteiger partial charge in [-0.05, 0) is 41.5 Å². The van der Waals surface area contributed by atoms with E-state index in [1.54, 1.807) is 49.1 Å². The van der Waals surface area contributed by atoms with Gasteiger partial charge in [-0.25, -0.2) is 4.98 Å². The Labute approximate surface area is 138 Å². The number of nitrogens with zero attached hydrogens (tertiary/aromatic N) is 1. The summed E-state index contributed by atoms with van der Waals surface area (Å²) >= 11 is 0. The zero-order chi connectivity index (χ0) is 16.9. The van der Waals surface area contributed by atoms with Crippen LogP contribution in [-0.2, 0) is 0 Å². The Balaban J connectivity index is 0.000000290. The fraction of sp³-hybridized carbons (Fsp3) is 0.0556. The molecule has 0 aliphatic carbocycles. The predicted octanol–water partition coefficient (Wildman–Crippen LogP) is 3.15. The standard InChI is InChI=1S/C15H12O4.C3H4N2/c16-12-4-1-9(2-5-12)11-7-10-3-6-13(17)14(18)15(10)19-8-11;1-2-5-3-4-1/h1-7,16-18H,8H2;1-3H,(H,4,5). The molecular weight excluding hydrogens is 308 g/mol. The Morgan fingerprint density at radius 2 is 1.79 bits per heavy atom. The first kappa shape index (κ1) is 15.5. The summed E-state index contributed by atoms with van der Waals surface area (Å²) in [6.07, 6.45) is 6.98. The minimum Gasteiger partial charge on any atom is -0.508 e. The molecule has 3 aromatic rings. The average Bonchev–Trinajstić information content (AvgIpc) is 3.19. The van der Waals surface area contributed by atoms with Crippen LogP contribution in [0.25, 0.3) is 11.6 Å². The van der Waals surface area contributed by atoms with Crippen molar-refractivity contribution in [2.45, 2.75) is 0 Å². The number of nitrogens with one attached hydrogen (secondary N) is 1.